The summed E-state index contributed by atoms with van der Waals surface area (Å²) in [6.45, 7) is 4.02. The second-order valence-electron chi connectivity index (χ2n) is 4.64. The van der Waals surface area contributed by atoms with Crippen molar-refractivity contribution < 1.29 is 17.9 Å². The molecule has 104 valence electrons. The van der Waals surface area contributed by atoms with Crippen LogP contribution in [0.25, 0.3) is 0 Å². The van der Waals surface area contributed by atoms with E-state index < -0.39 is 11.7 Å². The zero-order chi connectivity index (χ0) is 13.9. The lowest BCUT2D eigenvalue weighted by molar-refractivity contribution is -0.166. The van der Waals surface area contributed by atoms with Crippen LogP contribution in [0.4, 0.5) is 13.2 Å². The Labute approximate surface area is 110 Å². The highest BCUT2D eigenvalue weighted by atomic mass is 19.4. The van der Waals surface area contributed by atoms with Crippen molar-refractivity contribution in [3.63, 3.8) is 0 Å². The molecule has 0 bridgehead atoms. The largest absolute Gasteiger partial charge is 0.489 e. The Kier molecular flexibility index (Phi) is 3.85. The van der Waals surface area contributed by atoms with Crippen LogP contribution < -0.4 is 10.1 Å². The van der Waals surface area contributed by atoms with Gasteiger partial charge in [0, 0.05) is 12.1 Å². The highest BCUT2D eigenvalue weighted by Gasteiger charge is 2.62. The van der Waals surface area contributed by atoms with Gasteiger partial charge in [-0.1, -0.05) is 30.9 Å². The third kappa shape index (κ3) is 3.10. The lowest BCUT2D eigenvalue weighted by atomic mass is 10.1. The zero-order valence-electron chi connectivity index (χ0n) is 10.5. The molecule has 1 aromatic carbocycles. The fourth-order valence-corrected chi connectivity index (χ4v) is 1.89. The monoisotopic (exact) mass is 271 g/mol. The summed E-state index contributed by atoms with van der Waals surface area (Å²) in [7, 11) is 0. The van der Waals surface area contributed by atoms with Gasteiger partial charge < -0.3 is 4.74 Å². The number of nitrogens with one attached hydrogen (secondary N) is 1. The standard InChI is InChI=1S/C14H16F3NO/c1-2-9-19-12-6-4-3-5-11(12)10-18-13(7-8-13)14(15,16)17/h2-6,18H,1,7-10H2. The molecule has 1 aliphatic rings. The summed E-state index contributed by atoms with van der Waals surface area (Å²) in [5.41, 5.74) is -0.974. The van der Waals surface area contributed by atoms with Crippen LogP contribution in [0.15, 0.2) is 36.9 Å². The minimum Gasteiger partial charge on any atom is -0.489 e. The third-order valence-corrected chi connectivity index (χ3v) is 3.24. The van der Waals surface area contributed by atoms with Crippen LogP contribution in [0, 0.1) is 0 Å². The Hall–Kier alpha value is -1.49. The average molecular weight is 271 g/mol. The van der Waals surface area contributed by atoms with E-state index in [0.717, 1.165) is 5.56 Å². The van der Waals surface area contributed by atoms with Gasteiger partial charge in [-0.3, -0.25) is 5.32 Å². The summed E-state index contributed by atoms with van der Waals surface area (Å²) in [4.78, 5) is 0. The molecule has 0 saturated heterocycles. The SMILES string of the molecule is C=CCOc1ccccc1CNC1(C(F)(F)F)CC1. The summed E-state index contributed by atoms with van der Waals surface area (Å²) < 4.78 is 43.8. The molecular weight excluding hydrogens is 255 g/mol. The molecule has 0 heterocycles. The van der Waals surface area contributed by atoms with Crippen LogP contribution in [0.1, 0.15) is 18.4 Å². The van der Waals surface area contributed by atoms with E-state index in [1.54, 1.807) is 30.3 Å². The summed E-state index contributed by atoms with van der Waals surface area (Å²) >= 11 is 0. The smallest absolute Gasteiger partial charge is 0.406 e. The number of ether oxygens (including phenoxy) is 1. The summed E-state index contributed by atoms with van der Waals surface area (Å²) in [6.07, 6.45) is -2.30. The minimum absolute atomic E-state index is 0.145. The van der Waals surface area contributed by atoms with Crippen molar-refractivity contribution in [1.82, 2.24) is 5.32 Å². The molecule has 19 heavy (non-hydrogen) atoms. The molecule has 1 fully saturated rings. The van der Waals surface area contributed by atoms with Crippen molar-refractivity contribution in [2.24, 2.45) is 0 Å². The minimum atomic E-state index is -4.19. The quantitative estimate of drug-likeness (QED) is 0.800. The lowest BCUT2D eigenvalue weighted by Gasteiger charge is -2.21. The second-order valence-corrected chi connectivity index (χ2v) is 4.64. The van der Waals surface area contributed by atoms with E-state index in [1.165, 1.54) is 0 Å². The highest BCUT2D eigenvalue weighted by Crippen LogP contribution is 2.49. The van der Waals surface area contributed by atoms with Crippen LogP contribution in [-0.4, -0.2) is 18.3 Å². The lowest BCUT2D eigenvalue weighted by Crippen LogP contribution is -2.44. The molecule has 0 amide bonds. The van der Waals surface area contributed by atoms with E-state index in [-0.39, 0.29) is 19.4 Å². The van der Waals surface area contributed by atoms with Gasteiger partial charge in [-0.25, -0.2) is 0 Å². The van der Waals surface area contributed by atoms with Crippen LogP contribution in [0.5, 0.6) is 5.75 Å². The fraction of sp³-hybridized carbons (Fsp3) is 0.429. The molecule has 0 atom stereocenters. The number of para-hydroxylation sites is 1. The van der Waals surface area contributed by atoms with Crippen molar-refractivity contribution in [2.75, 3.05) is 6.61 Å². The van der Waals surface area contributed by atoms with Gasteiger partial charge in [-0.05, 0) is 18.9 Å². The maximum absolute atomic E-state index is 12.8. The van der Waals surface area contributed by atoms with Crippen molar-refractivity contribution in [3.8, 4) is 5.75 Å². The first-order chi connectivity index (χ1) is 8.98. The molecule has 0 unspecified atom stereocenters. The molecule has 1 N–H and O–H groups in total. The average Bonchev–Trinajstić information content (AvgIpc) is 3.15. The van der Waals surface area contributed by atoms with E-state index in [4.69, 9.17) is 4.74 Å². The predicted molar refractivity (Wildman–Crippen MR) is 67.0 cm³/mol. The topological polar surface area (TPSA) is 21.3 Å². The second kappa shape index (κ2) is 5.25. The van der Waals surface area contributed by atoms with E-state index >= 15 is 0 Å². The predicted octanol–water partition coefficient (Wildman–Crippen LogP) is 3.44. The summed E-state index contributed by atoms with van der Waals surface area (Å²) in [6, 6.07) is 7.08. The van der Waals surface area contributed by atoms with E-state index in [0.29, 0.717) is 12.4 Å². The zero-order valence-corrected chi connectivity index (χ0v) is 10.5. The maximum Gasteiger partial charge on any atom is 0.406 e. The first kappa shape index (κ1) is 13.9. The number of rotatable bonds is 6. The number of hydrogen-bond donors (Lipinski definition) is 1. The van der Waals surface area contributed by atoms with Crippen LogP contribution >= 0.6 is 0 Å². The van der Waals surface area contributed by atoms with Gasteiger partial charge in [0.2, 0.25) is 0 Å². The Morgan fingerprint density at radius 2 is 2.00 bits per heavy atom. The van der Waals surface area contributed by atoms with Gasteiger partial charge in [0.15, 0.2) is 0 Å². The fourth-order valence-electron chi connectivity index (χ4n) is 1.89. The molecule has 1 saturated carbocycles. The molecule has 5 heteroatoms. The summed E-state index contributed by atoms with van der Waals surface area (Å²) in [5.74, 6) is 0.591. The molecule has 0 aliphatic heterocycles. The van der Waals surface area contributed by atoms with Crippen molar-refractivity contribution in [2.45, 2.75) is 31.1 Å². The normalized spacial score (nSPS) is 17.0. The van der Waals surface area contributed by atoms with Gasteiger partial charge in [-0.15, -0.1) is 0 Å². The Morgan fingerprint density at radius 1 is 1.32 bits per heavy atom. The summed E-state index contributed by atoms with van der Waals surface area (Å²) in [5, 5.41) is 2.61. The first-order valence-corrected chi connectivity index (χ1v) is 6.12. The van der Waals surface area contributed by atoms with E-state index in [2.05, 4.69) is 11.9 Å². The molecule has 0 aromatic heterocycles. The number of alkyl halides is 3. The van der Waals surface area contributed by atoms with Gasteiger partial charge in [0.1, 0.15) is 17.9 Å². The molecule has 1 aromatic rings. The molecule has 0 radical (unpaired) electrons. The Morgan fingerprint density at radius 3 is 2.58 bits per heavy atom. The van der Waals surface area contributed by atoms with Crippen LogP contribution in [-0.2, 0) is 6.54 Å². The maximum atomic E-state index is 12.8. The van der Waals surface area contributed by atoms with Gasteiger partial charge in [0.05, 0.1) is 0 Å². The molecule has 0 spiro atoms. The number of hydrogen-bond acceptors (Lipinski definition) is 2. The van der Waals surface area contributed by atoms with Gasteiger partial charge >= 0.3 is 6.18 Å². The van der Waals surface area contributed by atoms with Crippen molar-refractivity contribution >= 4 is 0 Å². The molecule has 2 rings (SSSR count). The third-order valence-electron chi connectivity index (χ3n) is 3.24. The Balaban J connectivity index is 2.02. The van der Waals surface area contributed by atoms with Gasteiger partial charge in [0.25, 0.3) is 0 Å². The van der Waals surface area contributed by atoms with Crippen LogP contribution in [0.3, 0.4) is 0 Å². The van der Waals surface area contributed by atoms with E-state index in [1.807, 2.05) is 0 Å². The van der Waals surface area contributed by atoms with Crippen LogP contribution in [0.2, 0.25) is 0 Å². The van der Waals surface area contributed by atoms with Crippen molar-refractivity contribution in [1.29, 1.82) is 0 Å². The Bertz CT molecular complexity index is 452. The molecular formula is C14H16F3NO. The van der Waals surface area contributed by atoms with Crippen molar-refractivity contribution in [3.05, 3.63) is 42.5 Å². The highest BCUT2D eigenvalue weighted by molar-refractivity contribution is 5.33. The first-order valence-electron chi connectivity index (χ1n) is 6.12. The van der Waals surface area contributed by atoms with Gasteiger partial charge in [-0.2, -0.15) is 13.2 Å². The van der Waals surface area contributed by atoms with E-state index in [9.17, 15) is 13.2 Å². The number of benzene rings is 1. The molecule has 1 aliphatic carbocycles. The molecule has 2 nitrogen and oxygen atoms in total. The number of halogens is 3.